The van der Waals surface area contributed by atoms with E-state index in [-0.39, 0.29) is 6.79 Å². The van der Waals surface area contributed by atoms with Crippen molar-refractivity contribution in [2.75, 3.05) is 25.8 Å². The summed E-state index contributed by atoms with van der Waals surface area (Å²) in [5.41, 5.74) is 1.05. The van der Waals surface area contributed by atoms with Gasteiger partial charge in [0.25, 0.3) is 0 Å². The number of allylic oxidation sites excluding steroid dienone is 1. The average molecular weight is 355 g/mol. The third-order valence-electron chi connectivity index (χ3n) is 3.97. The summed E-state index contributed by atoms with van der Waals surface area (Å²) in [5, 5.41) is 3.07. The maximum absolute atomic E-state index is 5.80. The van der Waals surface area contributed by atoms with Crippen LogP contribution >= 0.6 is 0 Å². The van der Waals surface area contributed by atoms with E-state index in [4.69, 9.17) is 14.2 Å². The molecular formula is C22H29NO3. The maximum atomic E-state index is 5.80. The maximum Gasteiger partial charge on any atom is 0.230 e. The Labute approximate surface area is 156 Å². The molecule has 2 aromatic carbocycles. The van der Waals surface area contributed by atoms with E-state index in [9.17, 15) is 0 Å². The minimum atomic E-state index is 0.158. The molecule has 0 saturated heterocycles. The first kappa shape index (κ1) is 19.7. The van der Waals surface area contributed by atoms with Gasteiger partial charge in [0.1, 0.15) is 17.2 Å². The van der Waals surface area contributed by atoms with Crippen LogP contribution < -0.4 is 19.5 Å². The van der Waals surface area contributed by atoms with E-state index >= 15 is 0 Å². The zero-order chi connectivity index (χ0) is 18.5. The van der Waals surface area contributed by atoms with Gasteiger partial charge in [0.05, 0.1) is 6.61 Å². The lowest BCUT2D eigenvalue weighted by Gasteiger charge is -2.11. The van der Waals surface area contributed by atoms with Gasteiger partial charge in [0.15, 0.2) is 0 Å². The highest BCUT2D eigenvalue weighted by Crippen LogP contribution is 2.21. The third-order valence-corrected chi connectivity index (χ3v) is 3.97. The number of hydrogen-bond acceptors (Lipinski definition) is 4. The summed E-state index contributed by atoms with van der Waals surface area (Å²) in [4.78, 5) is 0. The molecule has 0 radical (unpaired) electrons. The summed E-state index contributed by atoms with van der Waals surface area (Å²) in [6, 6.07) is 15.4. The molecule has 0 aromatic heterocycles. The van der Waals surface area contributed by atoms with Gasteiger partial charge in [0, 0.05) is 18.8 Å². The molecule has 0 aliphatic rings. The van der Waals surface area contributed by atoms with Gasteiger partial charge >= 0.3 is 0 Å². The van der Waals surface area contributed by atoms with Crippen molar-refractivity contribution in [1.82, 2.24) is 0 Å². The molecule has 0 atom stereocenters. The molecule has 4 heteroatoms. The topological polar surface area (TPSA) is 39.7 Å². The highest BCUT2D eigenvalue weighted by molar-refractivity contribution is 5.45. The molecule has 0 unspecified atom stereocenters. The first-order valence-electron chi connectivity index (χ1n) is 9.19. The van der Waals surface area contributed by atoms with E-state index in [1.54, 1.807) is 0 Å². The lowest BCUT2D eigenvalue weighted by Crippen LogP contribution is -2.06. The van der Waals surface area contributed by atoms with Crippen molar-refractivity contribution >= 4 is 5.69 Å². The van der Waals surface area contributed by atoms with Crippen LogP contribution in [0.1, 0.15) is 32.1 Å². The Hall–Kier alpha value is -2.62. The zero-order valence-corrected chi connectivity index (χ0v) is 15.6. The van der Waals surface area contributed by atoms with Gasteiger partial charge in [-0.05, 0) is 55.7 Å². The predicted molar refractivity (Wildman–Crippen MR) is 107 cm³/mol. The molecule has 2 rings (SSSR count). The van der Waals surface area contributed by atoms with Crippen molar-refractivity contribution in [3.8, 4) is 17.2 Å². The number of hydrogen-bond donors (Lipinski definition) is 1. The van der Waals surface area contributed by atoms with Gasteiger partial charge in [-0.15, -0.1) is 6.58 Å². The smallest absolute Gasteiger partial charge is 0.230 e. The quantitative estimate of drug-likeness (QED) is 0.286. The Kier molecular flexibility index (Phi) is 8.98. The number of unbranched alkanes of at least 4 members (excludes halogenated alkanes) is 4. The Morgan fingerprint density at radius 3 is 2.27 bits per heavy atom. The van der Waals surface area contributed by atoms with Crippen LogP contribution in [0.3, 0.4) is 0 Å². The molecule has 0 saturated carbocycles. The van der Waals surface area contributed by atoms with Gasteiger partial charge in [-0.25, -0.2) is 0 Å². The molecular weight excluding hydrogens is 326 g/mol. The van der Waals surface area contributed by atoms with Crippen molar-refractivity contribution in [2.24, 2.45) is 0 Å². The Bertz CT molecular complexity index is 640. The lowest BCUT2D eigenvalue weighted by atomic mass is 10.1. The zero-order valence-electron chi connectivity index (χ0n) is 15.6. The number of nitrogens with one attached hydrogen (secondary N) is 1. The van der Waals surface area contributed by atoms with E-state index in [2.05, 4.69) is 11.9 Å². The van der Waals surface area contributed by atoms with Gasteiger partial charge in [-0.1, -0.05) is 25.0 Å². The highest BCUT2D eigenvalue weighted by atomic mass is 16.7. The molecule has 1 N–H and O–H groups in total. The molecule has 2 aromatic rings. The van der Waals surface area contributed by atoms with E-state index in [1.165, 1.54) is 19.3 Å². The van der Waals surface area contributed by atoms with Crippen LogP contribution in [0.5, 0.6) is 17.2 Å². The van der Waals surface area contributed by atoms with Gasteiger partial charge in [0.2, 0.25) is 6.79 Å². The van der Waals surface area contributed by atoms with Crippen molar-refractivity contribution in [3.63, 3.8) is 0 Å². The predicted octanol–water partition coefficient (Wildman–Crippen LogP) is 5.66. The fourth-order valence-corrected chi connectivity index (χ4v) is 2.47. The summed E-state index contributed by atoms with van der Waals surface area (Å²) in [6.07, 6.45) is 7.76. The number of rotatable bonds is 13. The first-order chi connectivity index (χ1) is 12.8. The largest absolute Gasteiger partial charge is 0.493 e. The van der Waals surface area contributed by atoms with Gasteiger partial charge in [-0.3, -0.25) is 0 Å². The number of ether oxygens (including phenoxy) is 3. The van der Waals surface area contributed by atoms with Crippen LogP contribution in [0, 0.1) is 0 Å². The van der Waals surface area contributed by atoms with Crippen molar-refractivity contribution in [2.45, 2.75) is 32.1 Å². The van der Waals surface area contributed by atoms with Crippen LogP contribution in [-0.4, -0.2) is 20.4 Å². The Morgan fingerprint density at radius 1 is 0.846 bits per heavy atom. The van der Waals surface area contributed by atoms with Crippen molar-refractivity contribution < 1.29 is 14.2 Å². The normalized spacial score (nSPS) is 10.2. The summed E-state index contributed by atoms with van der Waals surface area (Å²) in [6.45, 7) is 4.63. The second-order valence-corrected chi connectivity index (χ2v) is 6.00. The summed E-state index contributed by atoms with van der Waals surface area (Å²) in [7, 11) is 1.89. The molecule has 0 bridgehead atoms. The van der Waals surface area contributed by atoms with Crippen LogP contribution in [0.15, 0.2) is 61.2 Å². The van der Waals surface area contributed by atoms with Crippen molar-refractivity contribution in [1.29, 1.82) is 0 Å². The molecule has 26 heavy (non-hydrogen) atoms. The fourth-order valence-electron chi connectivity index (χ4n) is 2.47. The fraction of sp³-hybridized carbons (Fsp3) is 0.364. The SMILES string of the molecule is C=CCCCCCCOc1cccc(OCOc2ccc(NC)cc2)c1. The standard InChI is InChI=1S/C22H29NO3/c1-3-4-5-6-7-8-16-24-21-10-9-11-22(17-21)26-18-25-20-14-12-19(23-2)13-15-20/h3,9-15,17,23H,1,4-8,16,18H2,2H3. The first-order valence-corrected chi connectivity index (χ1v) is 9.19. The molecule has 0 amide bonds. The number of benzene rings is 2. The van der Waals surface area contributed by atoms with Crippen LogP contribution in [0.4, 0.5) is 5.69 Å². The number of anilines is 1. The Morgan fingerprint density at radius 2 is 1.54 bits per heavy atom. The minimum Gasteiger partial charge on any atom is -0.493 e. The highest BCUT2D eigenvalue weighted by Gasteiger charge is 2.00. The van der Waals surface area contributed by atoms with E-state index in [1.807, 2.05) is 61.7 Å². The van der Waals surface area contributed by atoms with Crippen LogP contribution in [0.25, 0.3) is 0 Å². The van der Waals surface area contributed by atoms with E-state index in [0.29, 0.717) is 0 Å². The second kappa shape index (κ2) is 11.9. The summed E-state index contributed by atoms with van der Waals surface area (Å²) >= 11 is 0. The third kappa shape index (κ3) is 7.51. The molecule has 0 aliphatic carbocycles. The van der Waals surface area contributed by atoms with Crippen LogP contribution in [-0.2, 0) is 0 Å². The van der Waals surface area contributed by atoms with Crippen LogP contribution in [0.2, 0.25) is 0 Å². The van der Waals surface area contributed by atoms with E-state index < -0.39 is 0 Å². The van der Waals surface area contributed by atoms with E-state index in [0.717, 1.165) is 42.4 Å². The monoisotopic (exact) mass is 355 g/mol. The second-order valence-electron chi connectivity index (χ2n) is 6.00. The molecule has 0 fully saturated rings. The van der Waals surface area contributed by atoms with Crippen molar-refractivity contribution in [3.05, 3.63) is 61.2 Å². The lowest BCUT2D eigenvalue weighted by molar-refractivity contribution is 0.119. The average Bonchev–Trinajstić information content (AvgIpc) is 2.68. The molecule has 0 spiro atoms. The molecule has 0 heterocycles. The molecule has 0 aliphatic heterocycles. The molecule has 140 valence electrons. The minimum absolute atomic E-state index is 0.158. The molecule has 4 nitrogen and oxygen atoms in total. The Balaban J connectivity index is 1.66. The summed E-state index contributed by atoms with van der Waals surface area (Å²) < 4.78 is 17.0. The van der Waals surface area contributed by atoms with Gasteiger partial charge < -0.3 is 19.5 Å². The summed E-state index contributed by atoms with van der Waals surface area (Å²) in [5.74, 6) is 2.33. The van der Waals surface area contributed by atoms with Gasteiger partial charge in [-0.2, -0.15) is 0 Å².